The first kappa shape index (κ1) is 8.46. The number of ether oxygens (including phenoxy) is 1. The zero-order valence-electron chi connectivity index (χ0n) is 5.68. The number of hydrogen-bond acceptors (Lipinski definition) is 3. The number of aliphatic hydroxyl groups excluding tert-OH is 1. The average molecular weight is 131 g/mol. The maximum Gasteiger partial charge on any atom is 0.0852 e. The van der Waals surface area contributed by atoms with E-state index in [-0.39, 0.29) is 6.61 Å². The fraction of sp³-hybridized carbons (Fsp3) is 0.667. The molecule has 0 amide bonds. The molecule has 0 aromatic heterocycles. The topological polar surface area (TPSA) is 41.5 Å². The van der Waals surface area contributed by atoms with Gasteiger partial charge in [-0.25, -0.2) is 0 Å². The second-order valence-electron chi connectivity index (χ2n) is 1.69. The Kier molecular flexibility index (Phi) is 5.26. The van der Waals surface area contributed by atoms with Crippen LogP contribution in [0.15, 0.2) is 12.3 Å². The quantitative estimate of drug-likeness (QED) is 0.539. The smallest absolute Gasteiger partial charge is 0.0852 e. The van der Waals surface area contributed by atoms with Crippen LogP contribution in [0.1, 0.15) is 0 Å². The van der Waals surface area contributed by atoms with Crippen LogP contribution in [-0.4, -0.2) is 32.0 Å². The van der Waals surface area contributed by atoms with Gasteiger partial charge in [-0.2, -0.15) is 0 Å². The lowest BCUT2D eigenvalue weighted by Gasteiger charge is -2.05. The minimum Gasteiger partial charge on any atom is -0.395 e. The van der Waals surface area contributed by atoms with Crippen molar-refractivity contribution < 1.29 is 9.84 Å². The molecule has 0 bridgehead atoms. The van der Waals surface area contributed by atoms with Gasteiger partial charge < -0.3 is 15.2 Å². The molecule has 0 aliphatic rings. The maximum atomic E-state index is 8.34. The molecule has 0 spiro atoms. The highest BCUT2D eigenvalue weighted by Gasteiger charge is 1.87. The monoisotopic (exact) mass is 131 g/mol. The zero-order valence-corrected chi connectivity index (χ0v) is 5.68. The molecule has 0 unspecified atom stereocenters. The van der Waals surface area contributed by atoms with Crippen LogP contribution in [0.25, 0.3) is 0 Å². The second-order valence-corrected chi connectivity index (χ2v) is 1.69. The van der Waals surface area contributed by atoms with E-state index in [1.165, 1.54) is 0 Å². The lowest BCUT2D eigenvalue weighted by atomic mass is 10.5. The molecule has 2 N–H and O–H groups in total. The number of methoxy groups -OCH3 is 1. The largest absolute Gasteiger partial charge is 0.395 e. The van der Waals surface area contributed by atoms with E-state index in [1.807, 2.05) is 0 Å². The normalized spacial score (nSPS) is 9.11. The van der Waals surface area contributed by atoms with Crippen LogP contribution in [0.2, 0.25) is 0 Å². The Morgan fingerprint density at radius 2 is 2.44 bits per heavy atom. The van der Waals surface area contributed by atoms with Crippen LogP contribution in [0.4, 0.5) is 0 Å². The van der Waals surface area contributed by atoms with E-state index in [4.69, 9.17) is 9.84 Å². The molecule has 3 heteroatoms. The summed E-state index contributed by atoms with van der Waals surface area (Å²) in [5, 5.41) is 11.2. The van der Waals surface area contributed by atoms with Crippen LogP contribution >= 0.6 is 0 Å². The predicted molar refractivity (Wildman–Crippen MR) is 36.1 cm³/mol. The van der Waals surface area contributed by atoms with Crippen LogP contribution in [0.5, 0.6) is 0 Å². The van der Waals surface area contributed by atoms with Gasteiger partial charge in [0.15, 0.2) is 0 Å². The van der Waals surface area contributed by atoms with Gasteiger partial charge >= 0.3 is 0 Å². The Morgan fingerprint density at radius 1 is 1.78 bits per heavy atom. The standard InChI is InChI=1S/C6H13NO2/c1-6(5-9-2)7-3-4-8/h7-8H,1,3-5H2,2H3. The molecule has 54 valence electrons. The van der Waals surface area contributed by atoms with Crippen molar-refractivity contribution in [2.24, 2.45) is 0 Å². The highest BCUT2D eigenvalue weighted by molar-refractivity contribution is 4.90. The Balaban J connectivity index is 3.06. The lowest BCUT2D eigenvalue weighted by molar-refractivity contribution is 0.217. The third kappa shape index (κ3) is 5.33. The molecule has 0 fully saturated rings. The first-order valence-electron chi connectivity index (χ1n) is 2.82. The number of hydrogen-bond donors (Lipinski definition) is 2. The fourth-order valence-corrected chi connectivity index (χ4v) is 0.458. The molecule has 0 heterocycles. The number of aliphatic hydroxyl groups is 1. The molecule has 0 rings (SSSR count). The van der Waals surface area contributed by atoms with Gasteiger partial charge in [-0.1, -0.05) is 6.58 Å². The Labute approximate surface area is 55.3 Å². The minimum atomic E-state index is 0.128. The van der Waals surface area contributed by atoms with E-state index < -0.39 is 0 Å². The van der Waals surface area contributed by atoms with Crippen molar-refractivity contribution in [1.82, 2.24) is 5.32 Å². The summed E-state index contributed by atoms with van der Waals surface area (Å²) in [5.74, 6) is 0. The number of nitrogens with one attached hydrogen (secondary N) is 1. The first-order valence-corrected chi connectivity index (χ1v) is 2.82. The molecule has 0 atom stereocenters. The molecule has 0 aromatic carbocycles. The molecule has 0 aromatic rings. The van der Waals surface area contributed by atoms with Crippen LogP contribution in [-0.2, 0) is 4.74 Å². The summed E-state index contributed by atoms with van der Waals surface area (Å²) >= 11 is 0. The molecule has 9 heavy (non-hydrogen) atoms. The molecule has 0 saturated heterocycles. The van der Waals surface area contributed by atoms with Crippen molar-refractivity contribution in [2.75, 3.05) is 26.9 Å². The molecular formula is C6H13NO2. The summed E-state index contributed by atoms with van der Waals surface area (Å²) in [5.41, 5.74) is 0.798. The van der Waals surface area contributed by atoms with Gasteiger partial charge in [0.05, 0.1) is 13.2 Å². The van der Waals surface area contributed by atoms with Crippen molar-refractivity contribution in [3.05, 3.63) is 12.3 Å². The average Bonchev–Trinajstić information content (AvgIpc) is 1.85. The summed E-state index contributed by atoms with van der Waals surface area (Å²) < 4.78 is 4.76. The van der Waals surface area contributed by atoms with Gasteiger partial charge in [-0.15, -0.1) is 0 Å². The fourth-order valence-electron chi connectivity index (χ4n) is 0.458. The molecular weight excluding hydrogens is 118 g/mol. The highest BCUT2D eigenvalue weighted by atomic mass is 16.5. The van der Waals surface area contributed by atoms with Crippen molar-refractivity contribution in [1.29, 1.82) is 0 Å². The first-order chi connectivity index (χ1) is 4.31. The van der Waals surface area contributed by atoms with Gasteiger partial charge in [-0.3, -0.25) is 0 Å². The highest BCUT2D eigenvalue weighted by Crippen LogP contribution is 1.81. The summed E-state index contributed by atoms with van der Waals surface area (Å²) in [6.07, 6.45) is 0. The van der Waals surface area contributed by atoms with Crippen LogP contribution in [0, 0.1) is 0 Å². The Morgan fingerprint density at radius 3 is 2.89 bits per heavy atom. The van der Waals surface area contributed by atoms with Gasteiger partial charge in [0.2, 0.25) is 0 Å². The summed E-state index contributed by atoms with van der Waals surface area (Å²) in [7, 11) is 1.60. The summed E-state index contributed by atoms with van der Waals surface area (Å²) in [4.78, 5) is 0. The third-order valence-corrected chi connectivity index (χ3v) is 0.805. The third-order valence-electron chi connectivity index (χ3n) is 0.805. The molecule has 3 nitrogen and oxygen atoms in total. The Bertz CT molecular complexity index is 83.1. The van der Waals surface area contributed by atoms with Crippen molar-refractivity contribution in [2.45, 2.75) is 0 Å². The van der Waals surface area contributed by atoms with Crippen molar-refractivity contribution in [3.63, 3.8) is 0 Å². The van der Waals surface area contributed by atoms with Crippen LogP contribution in [0.3, 0.4) is 0 Å². The second kappa shape index (κ2) is 5.59. The van der Waals surface area contributed by atoms with E-state index in [1.54, 1.807) is 7.11 Å². The number of rotatable bonds is 5. The van der Waals surface area contributed by atoms with Crippen molar-refractivity contribution in [3.8, 4) is 0 Å². The zero-order chi connectivity index (χ0) is 7.11. The van der Waals surface area contributed by atoms with Gasteiger partial charge in [-0.05, 0) is 0 Å². The van der Waals surface area contributed by atoms with E-state index in [0.717, 1.165) is 5.70 Å². The van der Waals surface area contributed by atoms with Gasteiger partial charge in [0, 0.05) is 19.4 Å². The van der Waals surface area contributed by atoms with Crippen LogP contribution < -0.4 is 5.32 Å². The van der Waals surface area contributed by atoms with E-state index in [0.29, 0.717) is 13.2 Å². The molecule has 0 aliphatic carbocycles. The van der Waals surface area contributed by atoms with Gasteiger partial charge in [0.1, 0.15) is 0 Å². The minimum absolute atomic E-state index is 0.128. The maximum absolute atomic E-state index is 8.34. The Hall–Kier alpha value is -0.540. The van der Waals surface area contributed by atoms with Crippen molar-refractivity contribution >= 4 is 0 Å². The lowest BCUT2D eigenvalue weighted by Crippen LogP contribution is -2.19. The summed E-state index contributed by atoms with van der Waals surface area (Å²) in [6, 6.07) is 0. The SMILES string of the molecule is C=C(COC)NCCO. The van der Waals surface area contributed by atoms with E-state index in [2.05, 4.69) is 11.9 Å². The summed E-state index contributed by atoms with van der Waals surface area (Å²) in [6.45, 7) is 4.81. The molecule has 0 saturated carbocycles. The van der Waals surface area contributed by atoms with E-state index in [9.17, 15) is 0 Å². The van der Waals surface area contributed by atoms with Gasteiger partial charge in [0.25, 0.3) is 0 Å². The molecule has 0 radical (unpaired) electrons. The van der Waals surface area contributed by atoms with E-state index >= 15 is 0 Å². The molecule has 0 aliphatic heterocycles. The predicted octanol–water partition coefficient (Wildman–Crippen LogP) is -0.272.